The van der Waals surface area contributed by atoms with Gasteiger partial charge in [0.05, 0.1) is 0 Å². The van der Waals surface area contributed by atoms with Crippen LogP contribution in [0.3, 0.4) is 0 Å². The van der Waals surface area contributed by atoms with E-state index in [1.807, 2.05) is 0 Å². The van der Waals surface area contributed by atoms with Gasteiger partial charge in [-0.2, -0.15) is 13.2 Å². The number of likely N-dealkylation sites (N-methyl/N-ethyl adjacent to an activating group) is 1. The molecule has 0 aliphatic rings. The minimum Gasteiger partial charge on any atom is -0.382 e. The number of halogens is 3. The van der Waals surface area contributed by atoms with E-state index in [9.17, 15) is 13.2 Å². The summed E-state index contributed by atoms with van der Waals surface area (Å²) in [6.45, 7) is 5.92. The van der Waals surface area contributed by atoms with Crippen LogP contribution in [0, 0.1) is 0 Å². The Morgan fingerprint density at radius 3 is 1.79 bits per heavy atom. The Balaban J connectivity index is 0. The normalized spacial score (nSPS) is 16.3. The zero-order valence-electron chi connectivity index (χ0n) is 8.41. The van der Waals surface area contributed by atoms with Crippen molar-refractivity contribution < 1.29 is 34.8 Å². The molecule has 0 saturated heterocycles. The Morgan fingerprint density at radius 1 is 1.21 bits per heavy atom. The minimum absolute atomic E-state index is 0. The van der Waals surface area contributed by atoms with E-state index in [0.29, 0.717) is 13.1 Å². The monoisotopic (exact) mass is 257 g/mol. The number of nitrogens with zero attached hydrogens (tertiary/aromatic N) is 1. The third kappa shape index (κ3) is 4.62. The van der Waals surface area contributed by atoms with Crippen LogP contribution >= 0.6 is 0 Å². The third-order valence-corrected chi connectivity index (χ3v) is 2.18. The van der Waals surface area contributed by atoms with E-state index in [2.05, 4.69) is 0 Å². The number of aliphatic hydroxyl groups is 1. The standard InChI is InChI=1S/C8H16F3NO.Ni/c1-4-12(5-2)6(3)7(13)8(9,10)11;/h6-7,13H,4-5H2,1-3H3;. The molecule has 0 aromatic heterocycles. The van der Waals surface area contributed by atoms with Gasteiger partial charge in [-0.05, 0) is 20.0 Å². The average molecular weight is 258 g/mol. The first-order valence-electron chi connectivity index (χ1n) is 4.33. The van der Waals surface area contributed by atoms with Crippen molar-refractivity contribution in [3.63, 3.8) is 0 Å². The fraction of sp³-hybridized carbons (Fsp3) is 1.00. The number of hydrogen-bond acceptors (Lipinski definition) is 2. The summed E-state index contributed by atoms with van der Waals surface area (Å²) >= 11 is 0. The molecule has 0 fully saturated rings. The smallest absolute Gasteiger partial charge is 0.382 e. The Bertz CT molecular complexity index is 150. The molecule has 2 unspecified atom stereocenters. The molecule has 1 N–H and O–H groups in total. The largest absolute Gasteiger partial charge is 0.415 e. The van der Waals surface area contributed by atoms with Gasteiger partial charge in [0.1, 0.15) is 0 Å². The molecule has 0 heterocycles. The predicted molar refractivity (Wildman–Crippen MR) is 44.4 cm³/mol. The van der Waals surface area contributed by atoms with E-state index in [1.54, 1.807) is 18.7 Å². The molecule has 0 aliphatic carbocycles. The zero-order chi connectivity index (χ0) is 10.6. The molecular weight excluding hydrogens is 242 g/mol. The van der Waals surface area contributed by atoms with E-state index in [0.717, 1.165) is 0 Å². The second-order valence-corrected chi connectivity index (χ2v) is 2.95. The number of alkyl halides is 3. The Kier molecular flexibility index (Phi) is 7.89. The van der Waals surface area contributed by atoms with Gasteiger partial charge >= 0.3 is 6.18 Å². The summed E-state index contributed by atoms with van der Waals surface area (Å²) in [6, 6.07) is -0.880. The number of rotatable bonds is 4. The van der Waals surface area contributed by atoms with Crippen molar-refractivity contribution in [2.24, 2.45) is 0 Å². The molecular formula is C8H16F3NNiO. The number of hydrogen-bond donors (Lipinski definition) is 1. The molecule has 14 heavy (non-hydrogen) atoms. The first-order chi connectivity index (χ1) is 5.84. The van der Waals surface area contributed by atoms with Gasteiger partial charge in [-0.15, -0.1) is 0 Å². The SMILES string of the molecule is CCN(CC)C(C)C(O)C(F)(F)F.[Ni]. The van der Waals surface area contributed by atoms with Gasteiger partial charge in [0.2, 0.25) is 0 Å². The molecule has 0 amide bonds. The van der Waals surface area contributed by atoms with Crippen molar-refractivity contribution in [3.05, 3.63) is 0 Å². The van der Waals surface area contributed by atoms with Crippen molar-refractivity contribution >= 4 is 0 Å². The van der Waals surface area contributed by atoms with Gasteiger partial charge in [-0.3, -0.25) is 4.90 Å². The summed E-state index contributed by atoms with van der Waals surface area (Å²) in [5.41, 5.74) is 0. The molecule has 90 valence electrons. The average Bonchev–Trinajstić information content (AvgIpc) is 2.03. The van der Waals surface area contributed by atoms with E-state index in [-0.39, 0.29) is 16.5 Å². The Labute approximate surface area is 92.4 Å². The van der Waals surface area contributed by atoms with Crippen LogP contribution in [-0.2, 0) is 16.5 Å². The zero-order valence-corrected chi connectivity index (χ0v) is 9.40. The van der Waals surface area contributed by atoms with Crippen LogP contribution in [0.4, 0.5) is 13.2 Å². The van der Waals surface area contributed by atoms with Gasteiger partial charge < -0.3 is 5.11 Å². The van der Waals surface area contributed by atoms with Gasteiger partial charge in [0, 0.05) is 22.5 Å². The molecule has 2 atom stereocenters. The predicted octanol–water partition coefficient (Wildman–Crippen LogP) is 1.64. The molecule has 0 aliphatic heterocycles. The van der Waals surface area contributed by atoms with Gasteiger partial charge in [-0.1, -0.05) is 13.8 Å². The minimum atomic E-state index is -4.53. The maximum Gasteiger partial charge on any atom is 0.415 e. The molecule has 0 spiro atoms. The first kappa shape index (κ1) is 16.6. The van der Waals surface area contributed by atoms with Crippen LogP contribution in [0.25, 0.3) is 0 Å². The van der Waals surface area contributed by atoms with E-state index in [4.69, 9.17) is 5.11 Å². The van der Waals surface area contributed by atoms with E-state index in [1.165, 1.54) is 6.92 Å². The molecule has 0 aromatic rings. The molecule has 6 heteroatoms. The fourth-order valence-electron chi connectivity index (χ4n) is 1.27. The fourth-order valence-corrected chi connectivity index (χ4v) is 1.27. The molecule has 0 saturated carbocycles. The maximum atomic E-state index is 12.1. The summed E-state index contributed by atoms with van der Waals surface area (Å²) in [5.74, 6) is 0. The van der Waals surface area contributed by atoms with Crippen LogP contribution in [0.2, 0.25) is 0 Å². The second-order valence-electron chi connectivity index (χ2n) is 2.95. The van der Waals surface area contributed by atoms with Gasteiger partial charge in [0.25, 0.3) is 0 Å². The van der Waals surface area contributed by atoms with E-state index < -0.39 is 18.3 Å². The Hall–Kier alpha value is 0.204. The summed E-state index contributed by atoms with van der Waals surface area (Å²) in [7, 11) is 0. The van der Waals surface area contributed by atoms with Crippen LogP contribution in [0.5, 0.6) is 0 Å². The Morgan fingerprint density at radius 2 is 1.57 bits per heavy atom. The van der Waals surface area contributed by atoms with Gasteiger partial charge in [-0.25, -0.2) is 0 Å². The summed E-state index contributed by atoms with van der Waals surface area (Å²) in [5, 5.41) is 8.92. The second kappa shape index (κ2) is 6.64. The summed E-state index contributed by atoms with van der Waals surface area (Å²) in [4.78, 5) is 1.57. The molecule has 0 aromatic carbocycles. The van der Waals surface area contributed by atoms with E-state index >= 15 is 0 Å². The van der Waals surface area contributed by atoms with Crippen LogP contribution in [-0.4, -0.2) is 41.4 Å². The maximum absolute atomic E-state index is 12.1. The molecule has 0 rings (SSSR count). The van der Waals surface area contributed by atoms with Crippen molar-refractivity contribution in [3.8, 4) is 0 Å². The van der Waals surface area contributed by atoms with Crippen LogP contribution in [0.1, 0.15) is 20.8 Å². The van der Waals surface area contributed by atoms with Gasteiger partial charge in [0.15, 0.2) is 6.10 Å². The van der Waals surface area contributed by atoms with Crippen molar-refractivity contribution in [1.29, 1.82) is 0 Å². The topological polar surface area (TPSA) is 23.5 Å². The third-order valence-electron chi connectivity index (χ3n) is 2.18. The molecule has 0 radical (unpaired) electrons. The summed E-state index contributed by atoms with van der Waals surface area (Å²) < 4.78 is 36.2. The first-order valence-corrected chi connectivity index (χ1v) is 4.33. The van der Waals surface area contributed by atoms with Crippen LogP contribution in [0.15, 0.2) is 0 Å². The van der Waals surface area contributed by atoms with Crippen LogP contribution < -0.4 is 0 Å². The quantitative estimate of drug-likeness (QED) is 0.775. The molecule has 0 bridgehead atoms. The van der Waals surface area contributed by atoms with Crippen molar-refractivity contribution in [2.45, 2.75) is 39.1 Å². The van der Waals surface area contributed by atoms with Crippen molar-refractivity contribution in [1.82, 2.24) is 4.90 Å². The summed E-state index contributed by atoms with van der Waals surface area (Å²) in [6.07, 6.45) is -6.78. The number of aliphatic hydroxyl groups excluding tert-OH is 1. The van der Waals surface area contributed by atoms with Crippen molar-refractivity contribution in [2.75, 3.05) is 13.1 Å². The molecule has 2 nitrogen and oxygen atoms in total.